The highest BCUT2D eigenvalue weighted by molar-refractivity contribution is 7.21. The molecule has 230 valence electrons. The minimum absolute atomic E-state index is 0.712. The zero-order valence-corrected chi connectivity index (χ0v) is 27.3. The van der Waals surface area contributed by atoms with Crippen LogP contribution in [0.3, 0.4) is 0 Å². The van der Waals surface area contributed by atoms with E-state index < -0.39 is 0 Å². The smallest absolute Gasteiger partial charge is 0.160 e. The number of aromatic nitrogens is 3. The van der Waals surface area contributed by atoms with E-state index in [2.05, 4.69) is 146 Å². The van der Waals surface area contributed by atoms with Crippen molar-refractivity contribution in [3.05, 3.63) is 176 Å². The van der Waals surface area contributed by atoms with Crippen molar-refractivity contribution in [1.82, 2.24) is 15.0 Å². The molecule has 0 saturated heterocycles. The molecule has 0 amide bonds. The molecule has 0 bridgehead atoms. The molecule has 0 unspecified atom stereocenters. The third-order valence-corrected chi connectivity index (χ3v) is 10.0. The summed E-state index contributed by atoms with van der Waals surface area (Å²) in [6.07, 6.45) is 0. The third-order valence-electron chi connectivity index (χ3n) is 8.92. The summed E-state index contributed by atoms with van der Waals surface area (Å²) < 4.78 is 1.19. The molecule has 4 heteroatoms. The Hall–Kier alpha value is -6.23. The van der Waals surface area contributed by atoms with Gasteiger partial charge in [0.25, 0.3) is 0 Å². The molecule has 0 atom stereocenters. The zero-order valence-electron chi connectivity index (χ0n) is 26.5. The van der Waals surface area contributed by atoms with Gasteiger partial charge in [0.1, 0.15) is 5.01 Å². The molecule has 0 spiro atoms. The van der Waals surface area contributed by atoms with Gasteiger partial charge in [0, 0.05) is 22.3 Å². The van der Waals surface area contributed by atoms with Crippen LogP contribution in [0.2, 0.25) is 0 Å². The summed E-state index contributed by atoms with van der Waals surface area (Å²) in [5, 5.41) is 3.39. The first kappa shape index (κ1) is 29.0. The zero-order chi connectivity index (χ0) is 32.6. The van der Waals surface area contributed by atoms with Crippen molar-refractivity contribution in [3.63, 3.8) is 0 Å². The summed E-state index contributed by atoms with van der Waals surface area (Å²) in [6, 6.07) is 61.6. The van der Waals surface area contributed by atoms with E-state index in [0.29, 0.717) is 5.82 Å². The van der Waals surface area contributed by atoms with E-state index in [0.717, 1.165) is 55.1 Å². The van der Waals surface area contributed by atoms with Crippen LogP contribution in [0.25, 0.3) is 87.7 Å². The molecular formula is C45H29N3S. The van der Waals surface area contributed by atoms with Crippen molar-refractivity contribution < 1.29 is 0 Å². The number of benzene rings is 7. The van der Waals surface area contributed by atoms with Crippen molar-refractivity contribution in [2.24, 2.45) is 0 Å². The van der Waals surface area contributed by atoms with E-state index in [1.165, 1.54) is 26.8 Å². The Kier molecular flexibility index (Phi) is 7.34. The van der Waals surface area contributed by atoms with Gasteiger partial charge >= 0.3 is 0 Å². The average Bonchev–Trinajstić information content (AvgIpc) is 3.62. The Balaban J connectivity index is 1.07. The lowest BCUT2D eigenvalue weighted by atomic mass is 9.98. The molecule has 0 aliphatic carbocycles. The van der Waals surface area contributed by atoms with E-state index in [1.807, 2.05) is 30.3 Å². The van der Waals surface area contributed by atoms with Crippen molar-refractivity contribution in [1.29, 1.82) is 0 Å². The van der Waals surface area contributed by atoms with Gasteiger partial charge in [0.2, 0.25) is 0 Å². The molecule has 49 heavy (non-hydrogen) atoms. The summed E-state index contributed by atoms with van der Waals surface area (Å²) >= 11 is 1.73. The molecule has 9 rings (SSSR count). The fraction of sp³-hybridized carbons (Fsp3) is 0. The number of thiazole rings is 1. The van der Waals surface area contributed by atoms with Crippen LogP contribution in [0, 0.1) is 0 Å². The first-order chi connectivity index (χ1) is 24.2. The van der Waals surface area contributed by atoms with Crippen molar-refractivity contribution in [3.8, 4) is 66.7 Å². The van der Waals surface area contributed by atoms with Gasteiger partial charge in [0.15, 0.2) is 5.82 Å². The quantitative estimate of drug-likeness (QED) is 0.181. The standard InChI is InChI=1S/C45H29N3S/c1-4-10-30(11-5-1)31-16-18-32(19-17-31)40-29-41(47-44(46-40)33-12-6-2-7-13-33)39-23-22-35-26-36(20-21-37(35)27-39)38-24-25-43-42(28-38)48-45(49-43)34-14-8-3-9-15-34/h1-29H. The van der Waals surface area contributed by atoms with E-state index in [4.69, 9.17) is 15.0 Å². The van der Waals surface area contributed by atoms with Crippen molar-refractivity contribution in [2.45, 2.75) is 0 Å². The second-order valence-electron chi connectivity index (χ2n) is 12.1. The van der Waals surface area contributed by atoms with Gasteiger partial charge in [-0.25, -0.2) is 15.0 Å². The number of nitrogens with zero attached hydrogens (tertiary/aromatic N) is 3. The summed E-state index contributed by atoms with van der Waals surface area (Å²) in [7, 11) is 0. The van der Waals surface area contributed by atoms with Crippen molar-refractivity contribution >= 4 is 32.3 Å². The Morgan fingerprint density at radius 1 is 0.327 bits per heavy atom. The maximum absolute atomic E-state index is 5.07. The lowest BCUT2D eigenvalue weighted by Crippen LogP contribution is -1.96. The van der Waals surface area contributed by atoms with Gasteiger partial charge < -0.3 is 0 Å². The van der Waals surface area contributed by atoms with Crippen LogP contribution in [-0.4, -0.2) is 15.0 Å². The van der Waals surface area contributed by atoms with Crippen LogP contribution < -0.4 is 0 Å². The lowest BCUT2D eigenvalue weighted by Gasteiger charge is -2.11. The molecule has 2 heterocycles. The van der Waals surface area contributed by atoms with Gasteiger partial charge in [-0.05, 0) is 63.4 Å². The minimum atomic E-state index is 0.712. The highest BCUT2D eigenvalue weighted by atomic mass is 32.1. The Morgan fingerprint density at radius 3 is 1.51 bits per heavy atom. The summed E-state index contributed by atoms with van der Waals surface area (Å²) in [5.74, 6) is 0.712. The molecule has 0 N–H and O–H groups in total. The molecule has 7 aromatic carbocycles. The molecular weight excluding hydrogens is 615 g/mol. The van der Waals surface area contributed by atoms with E-state index in [1.54, 1.807) is 11.3 Å². The van der Waals surface area contributed by atoms with Crippen LogP contribution in [-0.2, 0) is 0 Å². The lowest BCUT2D eigenvalue weighted by molar-refractivity contribution is 1.18. The number of rotatable bonds is 6. The normalized spacial score (nSPS) is 11.3. The predicted octanol–water partition coefficient (Wildman–Crippen LogP) is 12.2. The van der Waals surface area contributed by atoms with Gasteiger partial charge in [-0.15, -0.1) is 11.3 Å². The predicted molar refractivity (Wildman–Crippen MR) is 205 cm³/mol. The Bertz CT molecular complexity index is 2580. The largest absolute Gasteiger partial charge is 0.236 e. The second kappa shape index (κ2) is 12.4. The molecule has 0 aliphatic heterocycles. The molecule has 0 aliphatic rings. The van der Waals surface area contributed by atoms with Gasteiger partial charge in [0.05, 0.1) is 21.6 Å². The van der Waals surface area contributed by atoms with E-state index in [-0.39, 0.29) is 0 Å². The number of hydrogen-bond donors (Lipinski definition) is 0. The molecule has 0 saturated carbocycles. The molecule has 9 aromatic rings. The Morgan fingerprint density at radius 2 is 0.816 bits per heavy atom. The van der Waals surface area contributed by atoms with Crippen LogP contribution in [0.1, 0.15) is 0 Å². The highest BCUT2D eigenvalue weighted by Gasteiger charge is 2.13. The van der Waals surface area contributed by atoms with E-state index >= 15 is 0 Å². The first-order valence-corrected chi connectivity index (χ1v) is 17.2. The Labute approximate surface area is 288 Å². The third kappa shape index (κ3) is 5.80. The minimum Gasteiger partial charge on any atom is -0.236 e. The van der Waals surface area contributed by atoms with Crippen LogP contribution in [0.5, 0.6) is 0 Å². The monoisotopic (exact) mass is 643 g/mol. The maximum Gasteiger partial charge on any atom is 0.160 e. The number of fused-ring (bicyclic) bond motifs is 2. The molecule has 0 fully saturated rings. The van der Waals surface area contributed by atoms with Gasteiger partial charge in [-0.1, -0.05) is 146 Å². The summed E-state index contributed by atoms with van der Waals surface area (Å²) in [4.78, 5) is 15.1. The fourth-order valence-electron chi connectivity index (χ4n) is 6.32. The topological polar surface area (TPSA) is 38.7 Å². The van der Waals surface area contributed by atoms with Crippen LogP contribution in [0.4, 0.5) is 0 Å². The summed E-state index contributed by atoms with van der Waals surface area (Å²) in [5.41, 5.74) is 11.8. The molecule has 0 radical (unpaired) electrons. The SMILES string of the molecule is c1ccc(-c2ccc(-c3cc(-c4ccc5cc(-c6ccc7sc(-c8ccccc8)nc7c6)ccc5c4)nc(-c4ccccc4)n3)cc2)cc1. The average molecular weight is 644 g/mol. The van der Waals surface area contributed by atoms with Gasteiger partial charge in [-0.3, -0.25) is 0 Å². The highest BCUT2D eigenvalue weighted by Crippen LogP contribution is 2.35. The molecule has 3 nitrogen and oxygen atoms in total. The number of hydrogen-bond acceptors (Lipinski definition) is 4. The first-order valence-electron chi connectivity index (χ1n) is 16.3. The van der Waals surface area contributed by atoms with E-state index in [9.17, 15) is 0 Å². The van der Waals surface area contributed by atoms with Crippen molar-refractivity contribution in [2.75, 3.05) is 0 Å². The second-order valence-corrected chi connectivity index (χ2v) is 13.1. The molecule has 2 aromatic heterocycles. The fourth-order valence-corrected chi connectivity index (χ4v) is 7.27. The maximum atomic E-state index is 5.07. The van der Waals surface area contributed by atoms with Gasteiger partial charge in [-0.2, -0.15) is 0 Å². The van der Waals surface area contributed by atoms with Crippen LogP contribution in [0.15, 0.2) is 176 Å². The summed E-state index contributed by atoms with van der Waals surface area (Å²) in [6.45, 7) is 0. The van der Waals surface area contributed by atoms with Crippen LogP contribution >= 0.6 is 11.3 Å².